The van der Waals surface area contributed by atoms with Gasteiger partial charge in [0.1, 0.15) is 0 Å². The number of anilines is 6. The van der Waals surface area contributed by atoms with E-state index >= 15 is 0 Å². The molecule has 0 N–H and O–H groups in total. The lowest BCUT2D eigenvalue weighted by Gasteiger charge is -2.33. The van der Waals surface area contributed by atoms with E-state index in [1.165, 1.54) is 144 Å². The molecular weight excluding hydrogens is 845 g/mol. The van der Waals surface area contributed by atoms with Gasteiger partial charge in [-0.1, -0.05) is 151 Å². The second-order valence-corrected chi connectivity index (χ2v) is 20.6. The lowest BCUT2D eigenvalue weighted by atomic mass is 9.83. The molecule has 350 valence electrons. The molecule has 0 saturated heterocycles. The monoisotopic (exact) mass is 913 g/mol. The van der Waals surface area contributed by atoms with Crippen molar-refractivity contribution in [3.8, 4) is 22.3 Å². The minimum atomic E-state index is 0.279. The molecule has 0 spiro atoms. The molecule has 0 saturated carbocycles. The van der Waals surface area contributed by atoms with Crippen LogP contribution in [0.25, 0.3) is 54.6 Å². The maximum atomic E-state index is 2.58. The Morgan fingerprint density at radius 1 is 0.343 bits per heavy atom. The minimum absolute atomic E-state index is 0.279. The number of hydrogen-bond acceptors (Lipinski definition) is 2. The van der Waals surface area contributed by atoms with E-state index < -0.39 is 0 Å². The van der Waals surface area contributed by atoms with Crippen LogP contribution in [0.3, 0.4) is 0 Å². The van der Waals surface area contributed by atoms with Crippen molar-refractivity contribution in [1.29, 1.82) is 0 Å². The van der Waals surface area contributed by atoms with E-state index in [0.717, 1.165) is 12.8 Å². The van der Waals surface area contributed by atoms with Gasteiger partial charge in [0.05, 0.1) is 11.4 Å². The van der Waals surface area contributed by atoms with Crippen molar-refractivity contribution in [2.45, 2.75) is 108 Å². The number of hydrogen-bond donors (Lipinski definition) is 0. The summed E-state index contributed by atoms with van der Waals surface area (Å²) < 4.78 is 0. The normalized spacial score (nSPS) is 11.8. The Morgan fingerprint density at radius 2 is 0.700 bits per heavy atom. The zero-order valence-corrected chi connectivity index (χ0v) is 43.5. The Labute approximate surface area is 417 Å². The van der Waals surface area contributed by atoms with E-state index in [1.54, 1.807) is 0 Å². The summed E-state index contributed by atoms with van der Waals surface area (Å²) in [5.41, 5.74) is 25.3. The number of nitrogens with zero attached hydrogens (tertiary/aromatic N) is 2. The number of benzene rings is 10. The summed E-state index contributed by atoms with van der Waals surface area (Å²) in [5, 5.41) is 7.85. The van der Waals surface area contributed by atoms with E-state index in [4.69, 9.17) is 0 Å². The Bertz CT molecular complexity index is 3330. The minimum Gasteiger partial charge on any atom is -0.310 e. The topological polar surface area (TPSA) is 6.48 Å². The second kappa shape index (κ2) is 18.6. The molecule has 2 heteroatoms. The molecule has 0 heterocycles. The van der Waals surface area contributed by atoms with Crippen LogP contribution in [0.2, 0.25) is 0 Å². The first kappa shape index (κ1) is 46.6. The van der Waals surface area contributed by atoms with Crippen molar-refractivity contribution in [2.75, 3.05) is 9.80 Å². The van der Waals surface area contributed by atoms with Crippen LogP contribution in [0, 0.1) is 41.5 Å². The molecule has 10 aromatic rings. The van der Waals surface area contributed by atoms with E-state index in [9.17, 15) is 0 Å². The predicted octanol–water partition coefficient (Wildman–Crippen LogP) is 20.1. The third kappa shape index (κ3) is 8.02. The van der Waals surface area contributed by atoms with Gasteiger partial charge < -0.3 is 9.80 Å². The summed E-state index contributed by atoms with van der Waals surface area (Å²) in [5.74, 6) is 0.559. The average Bonchev–Trinajstić information content (AvgIpc) is 3.35. The summed E-state index contributed by atoms with van der Waals surface area (Å²) in [6.45, 7) is 27.5. The van der Waals surface area contributed by atoms with Crippen LogP contribution in [-0.2, 0) is 12.8 Å². The summed E-state index contributed by atoms with van der Waals surface area (Å²) in [6.07, 6.45) is 1.92. The standard InChI is InChI=1S/C68H68N2/c1-13-49-23-17-25-53(35-49)69(61-37-51(29-27-43(61)7)65-45(9)19-15-20-46(65)10)63-39-59(41(3)4)55-32-34-58-64(40-60(42(5)6)56-31-33-57(63)67(55)68(56)58)70(54-26-18-24-50(14-2)36-54)62-38-52(30-28-44(62)8)66-47(11)21-16-22-48(66)12/h15-42H,13-14H2,1-12H3. The first-order valence-corrected chi connectivity index (χ1v) is 25.7. The Kier molecular flexibility index (Phi) is 12.4. The Balaban J connectivity index is 1.32. The van der Waals surface area contributed by atoms with Crippen molar-refractivity contribution in [3.63, 3.8) is 0 Å². The lowest BCUT2D eigenvalue weighted by Crippen LogP contribution is -2.14. The zero-order valence-electron chi connectivity index (χ0n) is 43.5. The van der Waals surface area contributed by atoms with Crippen molar-refractivity contribution >= 4 is 66.4 Å². The van der Waals surface area contributed by atoms with Gasteiger partial charge in [-0.05, 0) is 214 Å². The fourth-order valence-electron chi connectivity index (χ4n) is 11.5. The zero-order chi connectivity index (χ0) is 49.1. The van der Waals surface area contributed by atoms with Crippen molar-refractivity contribution < 1.29 is 0 Å². The van der Waals surface area contributed by atoms with Crippen LogP contribution in [0.15, 0.2) is 158 Å². The highest BCUT2D eigenvalue weighted by atomic mass is 15.2. The van der Waals surface area contributed by atoms with E-state index in [2.05, 4.69) is 251 Å². The molecule has 70 heavy (non-hydrogen) atoms. The number of rotatable bonds is 12. The molecule has 0 atom stereocenters. The second-order valence-electron chi connectivity index (χ2n) is 20.6. The quantitative estimate of drug-likeness (QED) is 0.113. The molecule has 0 aliphatic carbocycles. The SMILES string of the molecule is CCc1cccc(N(c2cc(-c3c(C)cccc3C)ccc2C)c2cc(C(C)C)c3ccc4c(N(c5cccc(CC)c5)c5cc(-c6c(C)cccc6C)ccc5C)cc(C(C)C)c5ccc2c3c54)c1. The molecule has 0 unspecified atom stereocenters. The smallest absolute Gasteiger partial charge is 0.0543 e. The predicted molar refractivity (Wildman–Crippen MR) is 306 cm³/mol. The van der Waals surface area contributed by atoms with Crippen molar-refractivity contribution in [2.24, 2.45) is 0 Å². The third-order valence-corrected chi connectivity index (χ3v) is 15.2. The summed E-state index contributed by atoms with van der Waals surface area (Å²) in [4.78, 5) is 5.16. The van der Waals surface area contributed by atoms with Crippen LogP contribution >= 0.6 is 0 Å². The van der Waals surface area contributed by atoms with Crippen LogP contribution in [0.1, 0.15) is 109 Å². The largest absolute Gasteiger partial charge is 0.310 e. The summed E-state index contributed by atoms with van der Waals surface area (Å²) in [6, 6.07) is 60.7. The average molecular weight is 913 g/mol. The molecule has 10 aromatic carbocycles. The molecule has 0 amide bonds. The van der Waals surface area contributed by atoms with Crippen LogP contribution in [0.5, 0.6) is 0 Å². The Morgan fingerprint density at radius 3 is 1.06 bits per heavy atom. The molecule has 0 fully saturated rings. The molecule has 0 bridgehead atoms. The van der Waals surface area contributed by atoms with Gasteiger partial charge in [0.2, 0.25) is 0 Å². The highest BCUT2D eigenvalue weighted by Crippen LogP contribution is 2.52. The third-order valence-electron chi connectivity index (χ3n) is 15.2. The molecule has 0 aliphatic rings. The fraction of sp³-hybridized carbons (Fsp3) is 0.235. The molecule has 0 aromatic heterocycles. The lowest BCUT2D eigenvalue weighted by molar-refractivity contribution is 0.875. The Hall–Kier alpha value is -7.16. The van der Waals surface area contributed by atoms with Gasteiger partial charge >= 0.3 is 0 Å². The van der Waals surface area contributed by atoms with Crippen LogP contribution in [-0.4, -0.2) is 0 Å². The number of aryl methyl sites for hydroxylation is 8. The van der Waals surface area contributed by atoms with Gasteiger partial charge in [-0.2, -0.15) is 0 Å². The van der Waals surface area contributed by atoms with Gasteiger partial charge in [0.25, 0.3) is 0 Å². The van der Waals surface area contributed by atoms with Gasteiger partial charge in [-0.3, -0.25) is 0 Å². The van der Waals surface area contributed by atoms with Gasteiger partial charge in [0, 0.05) is 33.5 Å². The molecule has 0 aliphatic heterocycles. The molecule has 0 radical (unpaired) electrons. The first-order valence-electron chi connectivity index (χ1n) is 25.7. The first-order chi connectivity index (χ1) is 33.8. The van der Waals surface area contributed by atoms with E-state index in [0.29, 0.717) is 0 Å². The fourth-order valence-corrected chi connectivity index (χ4v) is 11.5. The molecule has 2 nitrogen and oxygen atoms in total. The van der Waals surface area contributed by atoms with Crippen molar-refractivity contribution in [1.82, 2.24) is 0 Å². The van der Waals surface area contributed by atoms with Crippen LogP contribution in [0.4, 0.5) is 34.1 Å². The highest BCUT2D eigenvalue weighted by molar-refractivity contribution is 6.29. The van der Waals surface area contributed by atoms with E-state index in [-0.39, 0.29) is 11.8 Å². The maximum absolute atomic E-state index is 2.58. The van der Waals surface area contributed by atoms with Crippen molar-refractivity contribution in [3.05, 3.63) is 213 Å². The van der Waals surface area contributed by atoms with Gasteiger partial charge in [-0.25, -0.2) is 0 Å². The maximum Gasteiger partial charge on any atom is 0.0543 e. The van der Waals surface area contributed by atoms with E-state index in [1.807, 2.05) is 0 Å². The van der Waals surface area contributed by atoms with Crippen LogP contribution < -0.4 is 9.80 Å². The molecule has 10 rings (SSSR count). The van der Waals surface area contributed by atoms with Gasteiger partial charge in [0.15, 0.2) is 0 Å². The highest BCUT2D eigenvalue weighted by Gasteiger charge is 2.28. The summed E-state index contributed by atoms with van der Waals surface area (Å²) >= 11 is 0. The molecular formula is C68H68N2. The van der Waals surface area contributed by atoms with Gasteiger partial charge in [-0.15, -0.1) is 0 Å². The summed E-state index contributed by atoms with van der Waals surface area (Å²) in [7, 11) is 0.